The van der Waals surface area contributed by atoms with Crippen LogP contribution < -0.4 is 10.1 Å². The van der Waals surface area contributed by atoms with Gasteiger partial charge in [0.05, 0.1) is 26.7 Å². The minimum absolute atomic E-state index is 0.0281. The molecule has 1 aliphatic heterocycles. The van der Waals surface area contributed by atoms with E-state index in [1.165, 1.54) is 18.3 Å². The van der Waals surface area contributed by atoms with E-state index >= 15 is 0 Å². The van der Waals surface area contributed by atoms with E-state index in [2.05, 4.69) is 20.4 Å². The Morgan fingerprint density at radius 1 is 1.11 bits per heavy atom. The number of aromatic nitrogens is 4. The van der Waals surface area contributed by atoms with E-state index in [0.717, 1.165) is 16.7 Å². The van der Waals surface area contributed by atoms with Crippen molar-refractivity contribution >= 4 is 46.4 Å². The average Bonchev–Trinajstić information content (AvgIpc) is 3.52. The van der Waals surface area contributed by atoms with Crippen LogP contribution in [0.3, 0.4) is 0 Å². The van der Waals surface area contributed by atoms with Crippen molar-refractivity contribution in [1.29, 1.82) is 0 Å². The number of pyridine rings is 1. The Hall–Kier alpha value is -3.02. The van der Waals surface area contributed by atoms with Gasteiger partial charge >= 0.3 is 6.18 Å². The molecule has 1 N–H and O–H groups in total. The fraction of sp³-hybridized carbons (Fsp3) is 0.238. The molecule has 1 saturated heterocycles. The Morgan fingerprint density at radius 2 is 1.91 bits per heavy atom. The van der Waals surface area contributed by atoms with Crippen molar-refractivity contribution in [3.05, 3.63) is 51.2 Å². The van der Waals surface area contributed by atoms with Gasteiger partial charge in [-0.2, -0.15) is 18.2 Å². The number of amides is 1. The zero-order valence-corrected chi connectivity index (χ0v) is 19.6. The topological polar surface area (TPSA) is 94.5 Å². The minimum atomic E-state index is -4.57. The van der Waals surface area contributed by atoms with E-state index in [4.69, 9.17) is 44.1 Å². The van der Waals surface area contributed by atoms with Crippen LogP contribution in [-0.2, 0) is 11.0 Å². The molecule has 1 aliphatic rings. The highest BCUT2D eigenvalue weighted by molar-refractivity contribution is 6.36. The van der Waals surface area contributed by atoms with Crippen LogP contribution in [0, 0.1) is 0 Å². The lowest BCUT2D eigenvalue weighted by atomic mass is 10.2. The van der Waals surface area contributed by atoms with Gasteiger partial charge < -0.3 is 19.0 Å². The molecule has 1 fully saturated rings. The maximum Gasteiger partial charge on any atom is 0.417 e. The highest BCUT2D eigenvalue weighted by Gasteiger charge is 2.32. The van der Waals surface area contributed by atoms with Crippen LogP contribution in [0.25, 0.3) is 28.6 Å². The molecule has 1 amide bonds. The number of rotatable bonds is 5. The lowest BCUT2D eigenvalue weighted by Crippen LogP contribution is -2.30. The zero-order valence-electron chi connectivity index (χ0n) is 17.4. The summed E-state index contributed by atoms with van der Waals surface area (Å²) in [7, 11) is 0. The molecule has 5 rings (SSSR count). The van der Waals surface area contributed by atoms with E-state index in [1.807, 2.05) is 0 Å². The Morgan fingerprint density at radius 3 is 2.63 bits per heavy atom. The number of nitrogens with one attached hydrogen (secondary N) is 1. The number of nitrogens with zero attached hydrogens (tertiary/aromatic N) is 4. The number of carbonyl (C=O) groups is 1. The molecule has 1 unspecified atom stereocenters. The first-order valence-corrected chi connectivity index (χ1v) is 11.2. The third kappa shape index (κ3) is 4.75. The number of fused-ring (bicyclic) bond motifs is 1. The van der Waals surface area contributed by atoms with Crippen LogP contribution in [-0.4, -0.2) is 38.1 Å². The molecule has 0 aliphatic carbocycles. The quantitative estimate of drug-likeness (QED) is 0.346. The molecule has 1 atom stereocenters. The molecule has 1 aromatic carbocycles. The van der Waals surface area contributed by atoms with Gasteiger partial charge in [-0.25, -0.2) is 4.98 Å². The van der Waals surface area contributed by atoms with Crippen molar-refractivity contribution in [2.75, 3.05) is 6.61 Å². The second-order valence-corrected chi connectivity index (χ2v) is 8.95. The van der Waals surface area contributed by atoms with Crippen molar-refractivity contribution in [2.24, 2.45) is 0 Å². The molecule has 0 saturated carbocycles. The molecule has 182 valence electrons. The molecule has 0 spiro atoms. The minimum Gasteiger partial charge on any atom is -0.490 e. The van der Waals surface area contributed by atoms with Crippen molar-refractivity contribution in [2.45, 2.75) is 25.1 Å². The predicted molar refractivity (Wildman–Crippen MR) is 121 cm³/mol. The monoisotopic (exact) mass is 545 g/mol. The molecular weight excluding hydrogens is 534 g/mol. The van der Waals surface area contributed by atoms with E-state index in [9.17, 15) is 18.0 Å². The van der Waals surface area contributed by atoms with Gasteiger partial charge in [0.25, 0.3) is 5.89 Å². The van der Waals surface area contributed by atoms with Crippen LogP contribution in [0.2, 0.25) is 15.1 Å². The van der Waals surface area contributed by atoms with E-state index in [1.54, 1.807) is 0 Å². The number of ether oxygens (including phenoxy) is 1. The van der Waals surface area contributed by atoms with Crippen LogP contribution in [0.4, 0.5) is 13.2 Å². The van der Waals surface area contributed by atoms with Crippen LogP contribution >= 0.6 is 34.8 Å². The van der Waals surface area contributed by atoms with Crippen molar-refractivity contribution in [3.8, 4) is 28.7 Å². The number of alkyl halides is 3. The van der Waals surface area contributed by atoms with Gasteiger partial charge in [0.1, 0.15) is 18.1 Å². The maximum atomic E-state index is 13.1. The molecule has 8 nitrogen and oxygen atoms in total. The van der Waals surface area contributed by atoms with Crippen LogP contribution in [0.15, 0.2) is 35.1 Å². The summed E-state index contributed by atoms with van der Waals surface area (Å²) in [6, 6.07) is 3.67. The second kappa shape index (κ2) is 8.89. The molecule has 0 radical (unpaired) electrons. The van der Waals surface area contributed by atoms with E-state index < -0.39 is 11.7 Å². The largest absolute Gasteiger partial charge is 0.490 e. The first-order chi connectivity index (χ1) is 16.6. The van der Waals surface area contributed by atoms with Crippen molar-refractivity contribution in [3.63, 3.8) is 0 Å². The zero-order chi connectivity index (χ0) is 24.9. The Labute approximate surface area is 209 Å². The van der Waals surface area contributed by atoms with Gasteiger partial charge in [0.15, 0.2) is 5.65 Å². The molecule has 3 aromatic heterocycles. The third-order valence-corrected chi connectivity index (χ3v) is 6.15. The fourth-order valence-corrected chi connectivity index (χ4v) is 4.27. The van der Waals surface area contributed by atoms with Crippen molar-refractivity contribution in [1.82, 2.24) is 24.8 Å². The van der Waals surface area contributed by atoms with Gasteiger partial charge in [0.2, 0.25) is 11.7 Å². The highest BCUT2D eigenvalue weighted by atomic mass is 35.5. The van der Waals surface area contributed by atoms with Gasteiger partial charge in [0, 0.05) is 30.4 Å². The second-order valence-electron chi connectivity index (χ2n) is 7.73. The summed E-state index contributed by atoms with van der Waals surface area (Å²) >= 11 is 18.7. The van der Waals surface area contributed by atoms with Gasteiger partial charge in [-0.3, -0.25) is 4.79 Å². The number of imidazole rings is 1. The summed E-state index contributed by atoms with van der Waals surface area (Å²) < 4.78 is 51.3. The highest BCUT2D eigenvalue weighted by Crippen LogP contribution is 2.37. The first-order valence-electron chi connectivity index (χ1n) is 10.1. The fourth-order valence-electron chi connectivity index (χ4n) is 3.56. The summed E-state index contributed by atoms with van der Waals surface area (Å²) in [6.07, 6.45) is -1.30. The SMILES string of the molecule is O=C1CCC(COc2cc(Cl)c(-c3noc(-c4cn5cc(C(F)(F)F)cc(Cl)c5n4)n3)cc2Cl)N1. The smallest absolute Gasteiger partial charge is 0.417 e. The first kappa shape index (κ1) is 23.7. The molecule has 4 aromatic rings. The van der Waals surface area contributed by atoms with Gasteiger partial charge in [-0.05, 0) is 18.6 Å². The third-order valence-electron chi connectivity index (χ3n) is 5.27. The summed E-state index contributed by atoms with van der Waals surface area (Å²) in [5, 5.41) is 6.95. The Bertz CT molecular complexity index is 1450. The summed E-state index contributed by atoms with van der Waals surface area (Å²) in [5.41, 5.74) is -0.375. The number of halogens is 6. The average molecular weight is 547 g/mol. The van der Waals surface area contributed by atoms with Gasteiger partial charge in [-0.15, -0.1) is 0 Å². The maximum absolute atomic E-state index is 13.1. The number of benzene rings is 1. The summed E-state index contributed by atoms with van der Waals surface area (Å²) in [6.45, 7) is 0.236. The molecule has 0 bridgehead atoms. The number of hydrogen-bond acceptors (Lipinski definition) is 6. The normalized spacial score (nSPS) is 16.2. The van der Waals surface area contributed by atoms with Crippen LogP contribution in [0.5, 0.6) is 5.75 Å². The molecular formula is C21H13Cl3F3N5O3. The van der Waals surface area contributed by atoms with Gasteiger partial charge in [-0.1, -0.05) is 40.0 Å². The molecule has 4 heterocycles. The summed E-state index contributed by atoms with van der Waals surface area (Å²) in [4.78, 5) is 19.8. The van der Waals surface area contributed by atoms with E-state index in [-0.39, 0.29) is 56.7 Å². The molecule has 14 heteroatoms. The number of hydrogen-bond donors (Lipinski definition) is 1. The lowest BCUT2D eigenvalue weighted by Gasteiger charge is -2.14. The summed E-state index contributed by atoms with van der Waals surface area (Å²) in [5.74, 6) is 0.318. The predicted octanol–water partition coefficient (Wildman–Crippen LogP) is 5.69. The number of carbonyl (C=O) groups excluding carboxylic acids is 1. The lowest BCUT2D eigenvalue weighted by molar-refractivity contribution is -0.137. The Kier molecular flexibility index (Phi) is 6.02. The van der Waals surface area contributed by atoms with Crippen molar-refractivity contribution < 1.29 is 27.2 Å². The standard InChI is InChI=1S/C21H13Cl3F3N5O3/c22-12-5-16(34-8-10-1-2-17(33)28-10)13(23)4-11(12)18-30-20(35-31-18)15-7-32-6-9(21(25,26)27)3-14(24)19(32)29-15/h3-7,10H,1-2,8H2,(H,28,33). The Balaban J connectivity index is 1.40. The molecule has 35 heavy (non-hydrogen) atoms. The van der Waals surface area contributed by atoms with E-state index in [0.29, 0.717) is 24.2 Å². The van der Waals surface area contributed by atoms with Crippen LogP contribution in [0.1, 0.15) is 18.4 Å².